The van der Waals surface area contributed by atoms with Crippen LogP contribution in [-0.4, -0.2) is 40.6 Å². The largest absolute Gasteiger partial charge is 0.364 e. The molecule has 1 N–H and O–H groups in total. The summed E-state index contributed by atoms with van der Waals surface area (Å²) in [7, 11) is -3.45. The molecule has 1 aromatic carbocycles. The van der Waals surface area contributed by atoms with Crippen molar-refractivity contribution in [3.8, 4) is 5.69 Å². The molecule has 0 spiro atoms. The molecule has 2 aromatic heterocycles. The van der Waals surface area contributed by atoms with E-state index in [0.717, 1.165) is 30.5 Å². The zero-order chi connectivity index (χ0) is 20.3. The SMILES string of the molecule is CC(Nc1ccc(S(=O)(=O)N2CCCCC2)cn1)c1ccc(-n2cccn2)cc1. The number of benzene rings is 1. The van der Waals surface area contributed by atoms with Gasteiger partial charge in [-0.05, 0) is 55.7 Å². The van der Waals surface area contributed by atoms with Crippen molar-refractivity contribution in [2.45, 2.75) is 37.1 Å². The molecular weight excluding hydrogens is 386 g/mol. The van der Waals surface area contributed by atoms with Gasteiger partial charge in [0.05, 0.1) is 5.69 Å². The third-order valence-electron chi connectivity index (χ3n) is 5.22. The minimum absolute atomic E-state index is 0.0266. The van der Waals surface area contributed by atoms with Crippen molar-refractivity contribution in [2.75, 3.05) is 18.4 Å². The number of hydrogen-bond donors (Lipinski definition) is 1. The van der Waals surface area contributed by atoms with E-state index in [1.54, 1.807) is 22.6 Å². The van der Waals surface area contributed by atoms with E-state index in [-0.39, 0.29) is 10.9 Å². The summed E-state index contributed by atoms with van der Waals surface area (Å²) in [6.07, 6.45) is 8.03. The van der Waals surface area contributed by atoms with Crippen molar-refractivity contribution in [1.29, 1.82) is 0 Å². The molecule has 0 saturated carbocycles. The lowest BCUT2D eigenvalue weighted by Gasteiger charge is -2.25. The summed E-state index contributed by atoms with van der Waals surface area (Å²) in [6.45, 7) is 3.23. The summed E-state index contributed by atoms with van der Waals surface area (Å²) >= 11 is 0. The molecule has 3 aromatic rings. The third kappa shape index (κ3) is 4.33. The van der Waals surface area contributed by atoms with E-state index in [2.05, 4.69) is 15.4 Å². The van der Waals surface area contributed by atoms with E-state index in [9.17, 15) is 8.42 Å². The van der Waals surface area contributed by atoms with Crippen molar-refractivity contribution in [3.05, 3.63) is 66.6 Å². The van der Waals surface area contributed by atoms with Crippen LogP contribution in [0.4, 0.5) is 5.82 Å². The lowest BCUT2D eigenvalue weighted by Crippen LogP contribution is -2.35. The molecular formula is C21H25N5O2S. The van der Waals surface area contributed by atoms with Gasteiger partial charge in [0.15, 0.2) is 0 Å². The first-order valence-corrected chi connectivity index (χ1v) is 11.3. The number of hydrogen-bond acceptors (Lipinski definition) is 5. The Morgan fingerprint density at radius 2 is 1.79 bits per heavy atom. The molecule has 0 amide bonds. The second-order valence-electron chi connectivity index (χ2n) is 7.25. The summed E-state index contributed by atoms with van der Waals surface area (Å²) in [5, 5.41) is 7.56. The summed E-state index contributed by atoms with van der Waals surface area (Å²) < 4.78 is 28.8. The van der Waals surface area contributed by atoms with Crippen LogP contribution < -0.4 is 5.32 Å². The van der Waals surface area contributed by atoms with E-state index in [1.165, 1.54) is 6.20 Å². The Bertz CT molecular complexity index is 1030. The number of rotatable bonds is 6. The lowest BCUT2D eigenvalue weighted by atomic mass is 10.1. The summed E-state index contributed by atoms with van der Waals surface area (Å²) in [5.41, 5.74) is 2.10. The standard InChI is InChI=1S/C21H25N5O2S/c1-17(18-6-8-19(9-7-18)26-15-5-12-23-26)24-21-11-10-20(16-22-21)29(27,28)25-13-3-2-4-14-25/h5-12,15-17H,2-4,13-14H2,1H3,(H,22,24). The van der Waals surface area contributed by atoms with E-state index in [1.807, 2.05) is 48.1 Å². The predicted octanol–water partition coefficient (Wildman–Crippen LogP) is 3.62. The molecule has 0 aliphatic carbocycles. The molecule has 1 fully saturated rings. The monoisotopic (exact) mass is 411 g/mol. The number of nitrogens with one attached hydrogen (secondary N) is 1. The first-order chi connectivity index (χ1) is 14.0. The van der Waals surface area contributed by atoms with Gasteiger partial charge < -0.3 is 5.32 Å². The molecule has 152 valence electrons. The van der Waals surface area contributed by atoms with Crippen LogP contribution in [0.1, 0.15) is 37.8 Å². The van der Waals surface area contributed by atoms with Crippen molar-refractivity contribution in [1.82, 2.24) is 19.1 Å². The topological polar surface area (TPSA) is 80.1 Å². The molecule has 0 bridgehead atoms. The van der Waals surface area contributed by atoms with Gasteiger partial charge in [-0.2, -0.15) is 9.40 Å². The number of aromatic nitrogens is 3. The maximum absolute atomic E-state index is 12.7. The first-order valence-electron chi connectivity index (χ1n) is 9.87. The fourth-order valence-electron chi connectivity index (χ4n) is 3.52. The van der Waals surface area contributed by atoms with Crippen LogP contribution in [0, 0.1) is 0 Å². The van der Waals surface area contributed by atoms with E-state index < -0.39 is 10.0 Å². The molecule has 7 nitrogen and oxygen atoms in total. The van der Waals surface area contributed by atoms with Gasteiger partial charge >= 0.3 is 0 Å². The molecule has 8 heteroatoms. The quantitative estimate of drug-likeness (QED) is 0.670. The Morgan fingerprint density at radius 1 is 1.03 bits per heavy atom. The molecule has 1 aliphatic rings. The van der Waals surface area contributed by atoms with Gasteiger partial charge in [-0.1, -0.05) is 18.6 Å². The average molecular weight is 412 g/mol. The number of piperidine rings is 1. The van der Waals surface area contributed by atoms with Crippen LogP contribution in [0.5, 0.6) is 0 Å². The number of pyridine rings is 1. The van der Waals surface area contributed by atoms with Gasteiger partial charge in [-0.25, -0.2) is 18.1 Å². The lowest BCUT2D eigenvalue weighted by molar-refractivity contribution is 0.346. The maximum atomic E-state index is 12.7. The average Bonchev–Trinajstić information content (AvgIpc) is 3.30. The maximum Gasteiger partial charge on any atom is 0.244 e. The van der Waals surface area contributed by atoms with Gasteiger partial charge in [-0.15, -0.1) is 0 Å². The Kier molecular flexibility index (Phi) is 5.64. The van der Waals surface area contributed by atoms with Gasteiger partial charge in [-0.3, -0.25) is 0 Å². The molecule has 1 unspecified atom stereocenters. The fraction of sp³-hybridized carbons (Fsp3) is 0.333. The van der Waals surface area contributed by atoms with Crippen molar-refractivity contribution < 1.29 is 8.42 Å². The van der Waals surface area contributed by atoms with Crippen LogP contribution in [-0.2, 0) is 10.0 Å². The smallest absolute Gasteiger partial charge is 0.244 e. The Morgan fingerprint density at radius 3 is 2.41 bits per heavy atom. The molecule has 3 heterocycles. The van der Waals surface area contributed by atoms with Crippen molar-refractivity contribution in [3.63, 3.8) is 0 Å². The zero-order valence-corrected chi connectivity index (χ0v) is 17.2. The van der Waals surface area contributed by atoms with Crippen molar-refractivity contribution >= 4 is 15.8 Å². The molecule has 29 heavy (non-hydrogen) atoms. The van der Waals surface area contributed by atoms with E-state index in [4.69, 9.17) is 0 Å². The zero-order valence-electron chi connectivity index (χ0n) is 16.4. The molecule has 1 saturated heterocycles. The first kappa shape index (κ1) is 19.6. The summed E-state index contributed by atoms with van der Waals surface area (Å²) in [6, 6.07) is 13.4. The number of sulfonamides is 1. The molecule has 4 rings (SSSR count). The number of anilines is 1. The second-order valence-corrected chi connectivity index (χ2v) is 9.19. The van der Waals surface area contributed by atoms with Crippen molar-refractivity contribution in [2.24, 2.45) is 0 Å². The summed E-state index contributed by atoms with van der Waals surface area (Å²) in [4.78, 5) is 4.58. The van der Waals surface area contributed by atoms with Gasteiger partial charge in [0.1, 0.15) is 10.7 Å². The van der Waals surface area contributed by atoms with Crippen LogP contribution in [0.3, 0.4) is 0 Å². The van der Waals surface area contributed by atoms with Gasteiger partial charge in [0.2, 0.25) is 10.0 Å². The van der Waals surface area contributed by atoms with E-state index in [0.29, 0.717) is 18.9 Å². The van der Waals surface area contributed by atoms with Crippen LogP contribution in [0.25, 0.3) is 5.69 Å². The van der Waals surface area contributed by atoms with Crippen LogP contribution in [0.15, 0.2) is 66.0 Å². The van der Waals surface area contributed by atoms with E-state index >= 15 is 0 Å². The Hall–Kier alpha value is -2.71. The normalized spacial score (nSPS) is 16.4. The minimum atomic E-state index is -3.45. The Labute approximate surface area is 171 Å². The third-order valence-corrected chi connectivity index (χ3v) is 7.10. The highest BCUT2D eigenvalue weighted by atomic mass is 32.2. The highest BCUT2D eigenvalue weighted by Gasteiger charge is 2.26. The fourth-order valence-corrected chi connectivity index (χ4v) is 4.98. The number of nitrogens with zero attached hydrogens (tertiary/aromatic N) is 4. The predicted molar refractivity (Wildman–Crippen MR) is 112 cm³/mol. The highest BCUT2D eigenvalue weighted by molar-refractivity contribution is 7.89. The molecule has 1 atom stereocenters. The minimum Gasteiger partial charge on any atom is -0.364 e. The summed E-state index contributed by atoms with van der Waals surface area (Å²) in [5.74, 6) is 0.645. The second kappa shape index (κ2) is 8.34. The highest BCUT2D eigenvalue weighted by Crippen LogP contribution is 2.23. The molecule has 0 radical (unpaired) electrons. The Balaban J connectivity index is 1.43. The van der Waals surface area contributed by atoms with Crippen LogP contribution in [0.2, 0.25) is 0 Å². The molecule has 1 aliphatic heterocycles. The van der Waals surface area contributed by atoms with Crippen LogP contribution >= 0.6 is 0 Å². The van der Waals surface area contributed by atoms with Gasteiger partial charge in [0.25, 0.3) is 0 Å². The van der Waals surface area contributed by atoms with Gasteiger partial charge in [0, 0.05) is 37.7 Å².